The minimum Gasteiger partial charge on any atom is -0.361 e. The number of nitrogens with zero attached hydrogens (tertiary/aromatic N) is 4. The zero-order valence-corrected chi connectivity index (χ0v) is 13.0. The quantitative estimate of drug-likeness (QED) is 0.909. The lowest BCUT2D eigenvalue weighted by Crippen LogP contribution is -2.57. The van der Waals surface area contributed by atoms with E-state index in [9.17, 15) is 4.79 Å². The summed E-state index contributed by atoms with van der Waals surface area (Å²) in [4.78, 5) is 14.8. The molecule has 0 spiro atoms. The summed E-state index contributed by atoms with van der Waals surface area (Å²) in [6, 6.07) is 3.79. The van der Waals surface area contributed by atoms with E-state index in [1.807, 2.05) is 25.3 Å². The average molecular weight is 303 g/mol. The molecule has 7 nitrogen and oxygen atoms in total. The number of carbonyl (C=O) groups is 1. The molecule has 1 aliphatic rings. The smallest absolute Gasteiger partial charge is 0.249 e. The van der Waals surface area contributed by atoms with Crippen LogP contribution in [0, 0.1) is 6.92 Å². The second-order valence-electron chi connectivity index (χ2n) is 5.80. The van der Waals surface area contributed by atoms with E-state index in [2.05, 4.69) is 20.5 Å². The summed E-state index contributed by atoms with van der Waals surface area (Å²) in [6.07, 6.45) is 5.29. The third-order valence-electron chi connectivity index (χ3n) is 4.20. The van der Waals surface area contributed by atoms with Crippen LogP contribution in [0.15, 0.2) is 29.0 Å². The fourth-order valence-electron chi connectivity index (χ4n) is 3.21. The van der Waals surface area contributed by atoms with Crippen molar-refractivity contribution in [1.82, 2.24) is 25.2 Å². The van der Waals surface area contributed by atoms with Gasteiger partial charge in [0.1, 0.15) is 5.76 Å². The largest absolute Gasteiger partial charge is 0.361 e. The Morgan fingerprint density at radius 2 is 2.41 bits per heavy atom. The minimum atomic E-state index is -0.657. The van der Waals surface area contributed by atoms with Crippen molar-refractivity contribution in [2.24, 2.45) is 0 Å². The Balaban J connectivity index is 1.83. The maximum absolute atomic E-state index is 12.6. The van der Waals surface area contributed by atoms with Crippen molar-refractivity contribution in [1.29, 1.82) is 0 Å². The molecular weight excluding hydrogens is 282 g/mol. The first-order chi connectivity index (χ1) is 10.6. The second-order valence-corrected chi connectivity index (χ2v) is 5.80. The molecule has 1 saturated heterocycles. The van der Waals surface area contributed by atoms with Crippen LogP contribution in [0.25, 0.3) is 0 Å². The monoisotopic (exact) mass is 303 g/mol. The van der Waals surface area contributed by atoms with Crippen molar-refractivity contribution in [3.05, 3.63) is 36.0 Å². The molecule has 0 saturated carbocycles. The Labute approximate surface area is 129 Å². The van der Waals surface area contributed by atoms with Gasteiger partial charge in [0.25, 0.3) is 0 Å². The van der Waals surface area contributed by atoms with Crippen LogP contribution in [0.5, 0.6) is 0 Å². The second kappa shape index (κ2) is 5.92. The topological polar surface area (TPSA) is 76.2 Å². The standard InChI is InChI=1S/C15H21N5O2/c1-12-9-13(18-22-12)10-19-7-3-5-15(11-19,14(21)16-2)20-8-4-6-17-20/h4,6,8-9H,3,5,7,10-11H2,1-2H3,(H,16,21). The van der Waals surface area contributed by atoms with Crippen LogP contribution >= 0.6 is 0 Å². The average Bonchev–Trinajstić information content (AvgIpc) is 3.18. The van der Waals surface area contributed by atoms with Crippen LogP contribution in [0.3, 0.4) is 0 Å². The maximum atomic E-state index is 12.6. The van der Waals surface area contributed by atoms with Gasteiger partial charge in [-0.1, -0.05) is 5.16 Å². The molecule has 7 heteroatoms. The molecule has 1 unspecified atom stereocenters. The van der Waals surface area contributed by atoms with Gasteiger partial charge < -0.3 is 9.84 Å². The van der Waals surface area contributed by atoms with Gasteiger partial charge in [-0.25, -0.2) is 0 Å². The van der Waals surface area contributed by atoms with Gasteiger partial charge in [-0.2, -0.15) is 5.10 Å². The van der Waals surface area contributed by atoms with Crippen molar-refractivity contribution in [2.75, 3.05) is 20.1 Å². The highest BCUT2D eigenvalue weighted by Crippen LogP contribution is 2.29. The van der Waals surface area contributed by atoms with Crippen molar-refractivity contribution in [2.45, 2.75) is 31.8 Å². The molecule has 2 aromatic heterocycles. The molecule has 118 valence electrons. The summed E-state index contributed by atoms with van der Waals surface area (Å²) in [6.45, 7) is 4.11. The molecule has 22 heavy (non-hydrogen) atoms. The maximum Gasteiger partial charge on any atom is 0.249 e. The normalized spacial score (nSPS) is 22.6. The molecule has 0 aromatic carbocycles. The molecule has 0 aliphatic carbocycles. The first-order valence-corrected chi connectivity index (χ1v) is 7.51. The predicted molar refractivity (Wildman–Crippen MR) is 80.0 cm³/mol. The Morgan fingerprint density at radius 1 is 1.55 bits per heavy atom. The molecule has 1 amide bonds. The number of hydrogen-bond acceptors (Lipinski definition) is 5. The number of aromatic nitrogens is 3. The van der Waals surface area contributed by atoms with E-state index >= 15 is 0 Å². The number of carbonyl (C=O) groups excluding carboxylic acids is 1. The van der Waals surface area contributed by atoms with Gasteiger partial charge >= 0.3 is 0 Å². The van der Waals surface area contributed by atoms with Gasteiger partial charge in [-0.05, 0) is 32.4 Å². The summed E-state index contributed by atoms with van der Waals surface area (Å²) in [5.74, 6) is 0.800. The van der Waals surface area contributed by atoms with E-state index in [0.717, 1.165) is 30.8 Å². The van der Waals surface area contributed by atoms with E-state index < -0.39 is 5.54 Å². The Hall–Kier alpha value is -2.15. The van der Waals surface area contributed by atoms with Crippen LogP contribution in [0.2, 0.25) is 0 Å². The third-order valence-corrected chi connectivity index (χ3v) is 4.20. The number of hydrogen-bond donors (Lipinski definition) is 1. The summed E-state index contributed by atoms with van der Waals surface area (Å²) in [5.41, 5.74) is 0.237. The third kappa shape index (κ3) is 2.64. The SMILES string of the molecule is CNC(=O)C1(n2cccn2)CCCN(Cc2cc(C)on2)C1. The highest BCUT2D eigenvalue weighted by atomic mass is 16.5. The van der Waals surface area contributed by atoms with Crippen molar-refractivity contribution < 1.29 is 9.32 Å². The van der Waals surface area contributed by atoms with E-state index in [1.54, 1.807) is 17.9 Å². The van der Waals surface area contributed by atoms with Gasteiger partial charge in [0.15, 0.2) is 5.54 Å². The number of likely N-dealkylation sites (tertiary alicyclic amines) is 1. The first-order valence-electron chi connectivity index (χ1n) is 7.51. The molecule has 2 aromatic rings. The lowest BCUT2D eigenvalue weighted by atomic mass is 9.88. The molecule has 1 aliphatic heterocycles. The fraction of sp³-hybridized carbons (Fsp3) is 0.533. The van der Waals surface area contributed by atoms with Crippen molar-refractivity contribution in [3.63, 3.8) is 0 Å². The zero-order valence-electron chi connectivity index (χ0n) is 13.0. The Bertz CT molecular complexity index is 636. The summed E-state index contributed by atoms with van der Waals surface area (Å²) < 4.78 is 6.91. The van der Waals surface area contributed by atoms with Crippen molar-refractivity contribution in [3.8, 4) is 0 Å². The van der Waals surface area contributed by atoms with Crippen molar-refractivity contribution >= 4 is 5.91 Å². The Morgan fingerprint density at radius 3 is 3.05 bits per heavy atom. The summed E-state index contributed by atoms with van der Waals surface area (Å²) in [7, 11) is 1.67. The van der Waals surface area contributed by atoms with E-state index in [-0.39, 0.29) is 5.91 Å². The van der Waals surface area contributed by atoms with Crippen LogP contribution in [0.1, 0.15) is 24.3 Å². The van der Waals surface area contributed by atoms with E-state index in [4.69, 9.17) is 4.52 Å². The van der Waals surface area contributed by atoms with Gasteiger partial charge in [0.2, 0.25) is 5.91 Å². The highest BCUT2D eigenvalue weighted by molar-refractivity contribution is 5.84. The van der Waals surface area contributed by atoms with Gasteiger partial charge in [0.05, 0.1) is 5.69 Å². The van der Waals surface area contributed by atoms with E-state index in [0.29, 0.717) is 13.1 Å². The number of rotatable bonds is 4. The summed E-state index contributed by atoms with van der Waals surface area (Å²) >= 11 is 0. The number of aryl methyl sites for hydroxylation is 1. The molecule has 0 bridgehead atoms. The molecule has 3 heterocycles. The predicted octanol–water partition coefficient (Wildman–Crippen LogP) is 0.917. The lowest BCUT2D eigenvalue weighted by Gasteiger charge is -2.41. The highest BCUT2D eigenvalue weighted by Gasteiger charge is 2.44. The van der Waals surface area contributed by atoms with Crippen LogP contribution in [-0.2, 0) is 16.9 Å². The Kier molecular flexibility index (Phi) is 3.98. The van der Waals surface area contributed by atoms with Crippen LogP contribution < -0.4 is 5.32 Å². The zero-order chi connectivity index (χ0) is 15.6. The molecule has 1 N–H and O–H groups in total. The number of amides is 1. The summed E-state index contributed by atoms with van der Waals surface area (Å²) in [5, 5.41) is 11.2. The van der Waals surface area contributed by atoms with Gasteiger partial charge in [0, 0.05) is 38.6 Å². The molecule has 0 radical (unpaired) electrons. The number of nitrogens with one attached hydrogen (secondary N) is 1. The molecule has 1 fully saturated rings. The minimum absolute atomic E-state index is 0.00256. The van der Waals surface area contributed by atoms with Gasteiger partial charge in [-0.3, -0.25) is 14.4 Å². The van der Waals surface area contributed by atoms with Crippen LogP contribution in [-0.4, -0.2) is 45.9 Å². The molecule has 1 atom stereocenters. The van der Waals surface area contributed by atoms with Gasteiger partial charge in [-0.15, -0.1) is 0 Å². The lowest BCUT2D eigenvalue weighted by molar-refractivity contribution is -0.133. The van der Waals surface area contributed by atoms with Crippen LogP contribution in [0.4, 0.5) is 0 Å². The first kappa shape index (κ1) is 14.8. The number of piperidine rings is 1. The van der Waals surface area contributed by atoms with E-state index in [1.165, 1.54) is 0 Å². The fourth-order valence-corrected chi connectivity index (χ4v) is 3.21. The molecule has 3 rings (SSSR count). The number of likely N-dealkylation sites (N-methyl/N-ethyl adjacent to an activating group) is 1. The molecular formula is C15H21N5O2.